The third-order valence-corrected chi connectivity index (χ3v) is 4.89. The second kappa shape index (κ2) is 6.87. The second-order valence-electron chi connectivity index (χ2n) is 7.77. The van der Waals surface area contributed by atoms with E-state index < -0.39 is 5.97 Å². The highest BCUT2D eigenvalue weighted by atomic mass is 79.9. The Balaban J connectivity index is 1.96. The normalized spacial score (nSPS) is 14.2. The molecule has 0 atom stereocenters. The first-order valence-corrected chi connectivity index (χ1v) is 9.33. The molecule has 0 radical (unpaired) electrons. The highest BCUT2D eigenvalue weighted by molar-refractivity contribution is 9.10. The summed E-state index contributed by atoms with van der Waals surface area (Å²) in [4.78, 5) is 26.0. The highest BCUT2D eigenvalue weighted by Crippen LogP contribution is 2.28. The number of halogens is 1. The summed E-state index contributed by atoms with van der Waals surface area (Å²) < 4.78 is 2.64. The molecule has 1 N–H and O–H groups in total. The second-order valence-corrected chi connectivity index (χ2v) is 8.69. The first kappa shape index (κ1) is 18.6. The van der Waals surface area contributed by atoms with Gasteiger partial charge in [-0.3, -0.25) is 4.79 Å². The van der Waals surface area contributed by atoms with Gasteiger partial charge in [-0.25, -0.2) is 9.48 Å². The summed E-state index contributed by atoms with van der Waals surface area (Å²) in [6, 6.07) is 7.57. The molecule has 0 unspecified atom stereocenters. The molecule has 138 valence electrons. The number of carbonyl (C=O) groups is 2. The average molecular weight is 420 g/mol. The fourth-order valence-electron chi connectivity index (χ4n) is 3.17. The van der Waals surface area contributed by atoms with E-state index in [0.717, 1.165) is 15.9 Å². The zero-order chi connectivity index (χ0) is 19.1. The van der Waals surface area contributed by atoms with Crippen LogP contribution in [0.3, 0.4) is 0 Å². The molecular formula is C19H22BrN3O3. The fourth-order valence-corrected chi connectivity index (χ4v) is 3.43. The Kier molecular flexibility index (Phi) is 4.92. The molecular weight excluding hydrogens is 398 g/mol. The molecule has 2 heterocycles. The number of hydrogen-bond donors (Lipinski definition) is 1. The van der Waals surface area contributed by atoms with Crippen molar-refractivity contribution < 1.29 is 14.7 Å². The quantitative estimate of drug-likeness (QED) is 0.823. The summed E-state index contributed by atoms with van der Waals surface area (Å²) >= 11 is 3.40. The smallest absolute Gasteiger partial charge is 0.356 e. The van der Waals surface area contributed by atoms with Crippen molar-refractivity contribution in [2.24, 2.45) is 5.41 Å². The number of rotatable bonds is 3. The molecule has 1 aliphatic heterocycles. The molecule has 0 fully saturated rings. The summed E-state index contributed by atoms with van der Waals surface area (Å²) in [5.41, 5.74) is 2.23. The number of carboxylic acids is 1. The van der Waals surface area contributed by atoms with Gasteiger partial charge < -0.3 is 10.0 Å². The number of benzene rings is 1. The zero-order valence-corrected chi connectivity index (χ0v) is 16.7. The van der Waals surface area contributed by atoms with E-state index in [2.05, 4.69) is 21.0 Å². The van der Waals surface area contributed by atoms with E-state index in [4.69, 9.17) is 0 Å². The molecule has 1 aliphatic rings. The van der Waals surface area contributed by atoms with Gasteiger partial charge in [-0.05, 0) is 29.7 Å². The van der Waals surface area contributed by atoms with E-state index in [1.54, 1.807) is 9.58 Å². The molecule has 2 aromatic rings. The molecule has 1 aromatic heterocycles. The molecule has 1 amide bonds. The Hall–Kier alpha value is -2.15. The zero-order valence-electron chi connectivity index (χ0n) is 15.1. The van der Waals surface area contributed by atoms with Crippen LogP contribution >= 0.6 is 15.9 Å². The topological polar surface area (TPSA) is 75.4 Å². The number of fused-ring (bicyclic) bond motifs is 1. The van der Waals surface area contributed by atoms with Crippen molar-refractivity contribution in [3.05, 3.63) is 45.7 Å². The lowest BCUT2D eigenvalue weighted by Crippen LogP contribution is -2.38. The first-order valence-electron chi connectivity index (χ1n) is 8.53. The monoisotopic (exact) mass is 419 g/mol. The van der Waals surface area contributed by atoms with Gasteiger partial charge in [0.15, 0.2) is 5.69 Å². The highest BCUT2D eigenvalue weighted by Gasteiger charge is 2.31. The van der Waals surface area contributed by atoms with Gasteiger partial charge in [-0.1, -0.05) is 36.7 Å². The summed E-state index contributed by atoms with van der Waals surface area (Å²) in [7, 11) is 0. The van der Waals surface area contributed by atoms with Gasteiger partial charge in [0.05, 0.1) is 11.4 Å². The molecule has 7 heteroatoms. The van der Waals surface area contributed by atoms with Gasteiger partial charge in [0.2, 0.25) is 5.91 Å². The van der Waals surface area contributed by atoms with Crippen molar-refractivity contribution in [2.45, 2.75) is 40.2 Å². The van der Waals surface area contributed by atoms with E-state index in [-0.39, 0.29) is 17.0 Å². The van der Waals surface area contributed by atoms with Crippen LogP contribution in [-0.4, -0.2) is 38.2 Å². The molecule has 0 bridgehead atoms. The summed E-state index contributed by atoms with van der Waals surface area (Å²) in [5.74, 6) is -1.02. The van der Waals surface area contributed by atoms with Crippen LogP contribution in [0.2, 0.25) is 0 Å². The predicted molar refractivity (Wildman–Crippen MR) is 101 cm³/mol. The van der Waals surface area contributed by atoms with E-state index in [1.807, 2.05) is 45.0 Å². The number of aromatic nitrogens is 2. The van der Waals surface area contributed by atoms with Crippen LogP contribution in [-0.2, 0) is 17.8 Å². The lowest BCUT2D eigenvalue weighted by atomic mass is 9.91. The van der Waals surface area contributed by atoms with Crippen molar-refractivity contribution in [1.29, 1.82) is 0 Å². The van der Waals surface area contributed by atoms with E-state index in [0.29, 0.717) is 31.5 Å². The Morgan fingerprint density at radius 3 is 2.46 bits per heavy atom. The van der Waals surface area contributed by atoms with Crippen molar-refractivity contribution in [2.75, 3.05) is 6.54 Å². The number of hydrogen-bond acceptors (Lipinski definition) is 3. The molecule has 0 aliphatic carbocycles. The minimum absolute atomic E-state index is 0.0242. The maximum atomic E-state index is 12.6. The van der Waals surface area contributed by atoms with Crippen LogP contribution in [0, 0.1) is 5.41 Å². The number of carboxylic acid groups (broad SMARTS) is 1. The van der Waals surface area contributed by atoms with Gasteiger partial charge in [-0.2, -0.15) is 5.10 Å². The van der Waals surface area contributed by atoms with Crippen molar-refractivity contribution in [1.82, 2.24) is 14.7 Å². The minimum atomic E-state index is -1.07. The van der Waals surface area contributed by atoms with Crippen LogP contribution in [0.15, 0.2) is 28.7 Å². The molecule has 1 aromatic carbocycles. The molecule has 3 rings (SSSR count). The molecule has 6 nitrogen and oxygen atoms in total. The maximum Gasteiger partial charge on any atom is 0.356 e. The van der Waals surface area contributed by atoms with Crippen LogP contribution in [0.4, 0.5) is 0 Å². The van der Waals surface area contributed by atoms with Gasteiger partial charge in [-0.15, -0.1) is 0 Å². The van der Waals surface area contributed by atoms with Gasteiger partial charge >= 0.3 is 5.97 Å². The standard InChI is InChI=1S/C19H22BrN3O3/c1-19(2,3)10-16(24)22-9-8-15-14(11-22)17(18(25)26)21-23(15)13-6-4-12(20)5-7-13/h4-7H,8-11H2,1-3H3,(H,25,26). The van der Waals surface area contributed by atoms with Crippen molar-refractivity contribution in [3.8, 4) is 5.69 Å². The Labute approximate surface area is 160 Å². The molecule has 0 saturated heterocycles. The van der Waals surface area contributed by atoms with Gasteiger partial charge in [0.25, 0.3) is 0 Å². The fraction of sp³-hybridized carbons (Fsp3) is 0.421. The van der Waals surface area contributed by atoms with E-state index >= 15 is 0 Å². The summed E-state index contributed by atoms with van der Waals surface area (Å²) in [6.45, 7) is 6.93. The van der Waals surface area contributed by atoms with Crippen LogP contribution in [0.1, 0.15) is 48.9 Å². The number of carbonyl (C=O) groups excluding carboxylic acids is 1. The summed E-state index contributed by atoms with van der Waals surface area (Å²) in [6.07, 6.45) is 1.02. The Morgan fingerprint density at radius 1 is 1.23 bits per heavy atom. The SMILES string of the molecule is CC(C)(C)CC(=O)N1CCc2c(c(C(=O)O)nn2-c2ccc(Br)cc2)C1. The average Bonchev–Trinajstić information content (AvgIpc) is 2.93. The lowest BCUT2D eigenvalue weighted by molar-refractivity contribution is -0.134. The molecule has 0 saturated carbocycles. The van der Waals surface area contributed by atoms with Crippen LogP contribution in [0.5, 0.6) is 0 Å². The van der Waals surface area contributed by atoms with E-state index in [1.165, 1.54) is 0 Å². The van der Waals surface area contributed by atoms with Crippen molar-refractivity contribution in [3.63, 3.8) is 0 Å². The number of nitrogens with zero attached hydrogens (tertiary/aromatic N) is 3. The molecule has 0 spiro atoms. The Morgan fingerprint density at radius 2 is 1.88 bits per heavy atom. The van der Waals surface area contributed by atoms with E-state index in [9.17, 15) is 14.7 Å². The summed E-state index contributed by atoms with van der Waals surface area (Å²) in [5, 5.41) is 13.9. The Bertz CT molecular complexity index is 850. The lowest BCUT2D eigenvalue weighted by Gasteiger charge is -2.30. The maximum absolute atomic E-state index is 12.6. The van der Waals surface area contributed by atoms with Gasteiger partial charge in [0.1, 0.15) is 0 Å². The minimum Gasteiger partial charge on any atom is -0.476 e. The van der Waals surface area contributed by atoms with Crippen LogP contribution < -0.4 is 0 Å². The largest absolute Gasteiger partial charge is 0.476 e. The van der Waals surface area contributed by atoms with Crippen LogP contribution in [0.25, 0.3) is 5.69 Å². The first-order chi connectivity index (χ1) is 12.2. The predicted octanol–water partition coefficient (Wildman–Crippen LogP) is 3.65. The third kappa shape index (κ3) is 3.82. The number of amides is 1. The van der Waals surface area contributed by atoms with Crippen molar-refractivity contribution >= 4 is 27.8 Å². The molecule has 26 heavy (non-hydrogen) atoms. The number of aromatic carboxylic acids is 1. The van der Waals surface area contributed by atoms with Gasteiger partial charge in [0, 0.05) is 36.0 Å². The third-order valence-electron chi connectivity index (χ3n) is 4.37.